The van der Waals surface area contributed by atoms with Crippen molar-refractivity contribution in [2.75, 3.05) is 13.1 Å². The lowest BCUT2D eigenvalue weighted by molar-refractivity contribution is -0.849. The first-order valence-corrected chi connectivity index (χ1v) is 5.77. The van der Waals surface area contributed by atoms with E-state index >= 15 is 0 Å². The number of hydroxylamine groups is 2. The van der Waals surface area contributed by atoms with Crippen molar-refractivity contribution < 1.29 is 5.06 Å². The second-order valence-corrected chi connectivity index (χ2v) is 4.43. The van der Waals surface area contributed by atoms with Crippen molar-refractivity contribution in [3.05, 3.63) is 5.21 Å². The molecule has 0 aromatic carbocycles. The molecule has 0 bridgehead atoms. The minimum Gasteiger partial charge on any atom is -0.634 e. The van der Waals surface area contributed by atoms with Crippen LogP contribution in [0.1, 0.15) is 46.0 Å². The van der Waals surface area contributed by atoms with Crippen molar-refractivity contribution in [3.8, 4) is 0 Å². The van der Waals surface area contributed by atoms with Crippen molar-refractivity contribution in [2.24, 2.45) is 11.8 Å². The zero-order valence-electron chi connectivity index (χ0n) is 9.01. The summed E-state index contributed by atoms with van der Waals surface area (Å²) >= 11 is 0. The quantitative estimate of drug-likeness (QED) is 0.647. The molecule has 2 heteroatoms. The molecule has 1 N–H and O–H groups in total. The van der Waals surface area contributed by atoms with Crippen molar-refractivity contribution in [1.29, 1.82) is 0 Å². The van der Waals surface area contributed by atoms with E-state index < -0.39 is 0 Å². The van der Waals surface area contributed by atoms with Crippen LogP contribution in [0.25, 0.3) is 0 Å². The largest absolute Gasteiger partial charge is 0.634 e. The molecule has 0 radical (unpaired) electrons. The van der Waals surface area contributed by atoms with Gasteiger partial charge in [0, 0.05) is 5.92 Å². The SMILES string of the molecule is CCCC1CCC(C[NH+]([O-])CC)C1. The summed E-state index contributed by atoms with van der Waals surface area (Å²) in [7, 11) is 0. The second-order valence-electron chi connectivity index (χ2n) is 4.43. The molecule has 1 fully saturated rings. The van der Waals surface area contributed by atoms with Crippen LogP contribution in [0.5, 0.6) is 0 Å². The third-order valence-corrected chi connectivity index (χ3v) is 3.26. The molecule has 3 atom stereocenters. The van der Waals surface area contributed by atoms with Gasteiger partial charge in [-0.3, -0.25) is 0 Å². The van der Waals surface area contributed by atoms with Crippen molar-refractivity contribution >= 4 is 0 Å². The van der Waals surface area contributed by atoms with Crippen LogP contribution in [0.3, 0.4) is 0 Å². The summed E-state index contributed by atoms with van der Waals surface area (Å²) in [5.41, 5.74) is 0. The first-order chi connectivity index (χ1) is 6.26. The van der Waals surface area contributed by atoms with Gasteiger partial charge in [-0.2, -0.15) is 0 Å². The highest BCUT2D eigenvalue weighted by atomic mass is 16.5. The first kappa shape index (κ1) is 11.0. The fourth-order valence-electron chi connectivity index (χ4n) is 2.50. The number of rotatable bonds is 5. The van der Waals surface area contributed by atoms with Gasteiger partial charge in [0.15, 0.2) is 0 Å². The minimum atomic E-state index is 0.460. The number of hydrogen-bond acceptors (Lipinski definition) is 1. The van der Waals surface area contributed by atoms with Gasteiger partial charge in [-0.05, 0) is 32.1 Å². The molecule has 1 rings (SSSR count). The van der Waals surface area contributed by atoms with Gasteiger partial charge < -0.3 is 10.3 Å². The Morgan fingerprint density at radius 3 is 2.54 bits per heavy atom. The maximum absolute atomic E-state index is 11.2. The smallest absolute Gasteiger partial charge is 0.0796 e. The highest BCUT2D eigenvalue weighted by molar-refractivity contribution is 4.74. The predicted octanol–water partition coefficient (Wildman–Crippen LogP) is 1.61. The van der Waals surface area contributed by atoms with Crippen LogP contribution >= 0.6 is 0 Å². The number of hydrogen-bond donors (Lipinski definition) is 1. The minimum absolute atomic E-state index is 0.460. The van der Waals surface area contributed by atoms with E-state index in [9.17, 15) is 5.21 Å². The Morgan fingerprint density at radius 2 is 1.92 bits per heavy atom. The van der Waals surface area contributed by atoms with E-state index in [-0.39, 0.29) is 0 Å². The van der Waals surface area contributed by atoms with E-state index in [2.05, 4.69) is 6.92 Å². The molecule has 78 valence electrons. The molecule has 1 aliphatic carbocycles. The maximum Gasteiger partial charge on any atom is 0.0796 e. The third kappa shape index (κ3) is 3.65. The Bertz CT molecular complexity index is 138. The first-order valence-electron chi connectivity index (χ1n) is 5.77. The van der Waals surface area contributed by atoms with E-state index in [1.54, 1.807) is 0 Å². The zero-order chi connectivity index (χ0) is 9.68. The Labute approximate surface area is 81.9 Å². The van der Waals surface area contributed by atoms with Crippen LogP contribution < -0.4 is 5.06 Å². The molecule has 13 heavy (non-hydrogen) atoms. The summed E-state index contributed by atoms with van der Waals surface area (Å²) in [4.78, 5) is 0. The average molecular weight is 185 g/mol. The van der Waals surface area contributed by atoms with Gasteiger partial charge in [-0.25, -0.2) is 0 Å². The van der Waals surface area contributed by atoms with E-state index in [0.29, 0.717) is 5.06 Å². The molecule has 0 aromatic heterocycles. The molecule has 3 unspecified atom stereocenters. The summed E-state index contributed by atoms with van der Waals surface area (Å²) in [5.74, 6) is 1.66. The molecule has 0 heterocycles. The number of nitrogens with one attached hydrogen (secondary N) is 1. The summed E-state index contributed by atoms with van der Waals surface area (Å²) in [6, 6.07) is 0. The lowest BCUT2D eigenvalue weighted by atomic mass is 10.0. The molecule has 0 aromatic rings. The van der Waals surface area contributed by atoms with E-state index in [1.807, 2.05) is 6.92 Å². The molecule has 0 amide bonds. The van der Waals surface area contributed by atoms with E-state index in [0.717, 1.165) is 24.9 Å². The van der Waals surface area contributed by atoms with Gasteiger partial charge in [-0.1, -0.05) is 19.8 Å². The molecule has 1 saturated carbocycles. The summed E-state index contributed by atoms with van der Waals surface area (Å²) in [5, 5.41) is 11.7. The van der Waals surface area contributed by atoms with Crippen LogP contribution in [0.2, 0.25) is 0 Å². The average Bonchev–Trinajstić information content (AvgIpc) is 2.53. The van der Waals surface area contributed by atoms with Crippen LogP contribution in [0.4, 0.5) is 0 Å². The lowest BCUT2D eigenvalue weighted by Gasteiger charge is -2.23. The van der Waals surface area contributed by atoms with Gasteiger partial charge in [0.2, 0.25) is 0 Å². The van der Waals surface area contributed by atoms with Crippen LogP contribution in [0.15, 0.2) is 0 Å². The topological polar surface area (TPSA) is 27.5 Å². The highest BCUT2D eigenvalue weighted by Crippen LogP contribution is 2.32. The van der Waals surface area contributed by atoms with Gasteiger partial charge in [-0.15, -0.1) is 0 Å². The number of quaternary nitrogens is 1. The molecule has 1 aliphatic rings. The summed E-state index contributed by atoms with van der Waals surface area (Å²) < 4.78 is 0. The summed E-state index contributed by atoms with van der Waals surface area (Å²) in [6.07, 6.45) is 6.67. The molecule has 2 nitrogen and oxygen atoms in total. The Kier molecular flexibility index (Phi) is 4.74. The van der Waals surface area contributed by atoms with Crippen LogP contribution in [0, 0.1) is 17.0 Å². The standard InChI is InChI=1S/C11H23NO/c1-3-5-10-6-7-11(8-10)9-12(13)4-2/h10-12H,3-9H2,1-2H3. The molecule has 0 spiro atoms. The maximum atomic E-state index is 11.2. The summed E-state index contributed by atoms with van der Waals surface area (Å²) in [6.45, 7) is 5.82. The fourth-order valence-corrected chi connectivity index (χ4v) is 2.50. The van der Waals surface area contributed by atoms with Gasteiger partial charge in [0.05, 0.1) is 13.1 Å². The van der Waals surface area contributed by atoms with E-state index in [4.69, 9.17) is 0 Å². The fraction of sp³-hybridized carbons (Fsp3) is 1.00. The third-order valence-electron chi connectivity index (χ3n) is 3.26. The molecular weight excluding hydrogens is 162 g/mol. The van der Waals surface area contributed by atoms with Crippen molar-refractivity contribution in [3.63, 3.8) is 0 Å². The predicted molar refractivity (Wildman–Crippen MR) is 55.5 cm³/mol. The normalized spacial score (nSPS) is 30.7. The van der Waals surface area contributed by atoms with Gasteiger partial charge in [0.25, 0.3) is 0 Å². The zero-order valence-corrected chi connectivity index (χ0v) is 9.01. The van der Waals surface area contributed by atoms with E-state index in [1.165, 1.54) is 32.1 Å². The molecule has 0 saturated heterocycles. The van der Waals surface area contributed by atoms with Crippen molar-refractivity contribution in [1.82, 2.24) is 0 Å². The molecular formula is C11H23NO. The van der Waals surface area contributed by atoms with Crippen LogP contribution in [-0.4, -0.2) is 13.1 Å². The Hall–Kier alpha value is -0.0800. The lowest BCUT2D eigenvalue weighted by Crippen LogP contribution is -3.07. The van der Waals surface area contributed by atoms with Crippen LogP contribution in [-0.2, 0) is 0 Å². The Balaban J connectivity index is 2.17. The van der Waals surface area contributed by atoms with Crippen molar-refractivity contribution in [2.45, 2.75) is 46.0 Å². The Morgan fingerprint density at radius 1 is 1.23 bits per heavy atom. The monoisotopic (exact) mass is 185 g/mol. The van der Waals surface area contributed by atoms with Gasteiger partial charge >= 0.3 is 0 Å². The van der Waals surface area contributed by atoms with Gasteiger partial charge in [0.1, 0.15) is 0 Å². The highest BCUT2D eigenvalue weighted by Gasteiger charge is 2.25. The molecule has 0 aliphatic heterocycles. The second kappa shape index (κ2) is 5.61.